The number of Topliss-reactive ketones (excluding diaryl/α,β-unsaturated/α-hetero) is 1. The number of carbonyl (C=O) groups is 1. The number of nitrogens with zero attached hydrogens (tertiary/aromatic N) is 1. The molecule has 0 amide bonds. The van der Waals surface area contributed by atoms with Crippen LogP contribution in [0.2, 0.25) is 0 Å². The van der Waals surface area contributed by atoms with Gasteiger partial charge in [0.15, 0.2) is 5.78 Å². The Labute approximate surface area is 191 Å². The first-order chi connectivity index (χ1) is 16.0. The molecule has 2 N–H and O–H groups in total. The van der Waals surface area contributed by atoms with Gasteiger partial charge < -0.3 is 15.4 Å². The molecule has 3 aromatic carbocycles. The number of anilines is 2. The molecule has 166 valence electrons. The average Bonchev–Trinajstić information content (AvgIpc) is 3.01. The van der Waals surface area contributed by atoms with Crippen LogP contribution in [0.15, 0.2) is 84.1 Å². The Bertz CT molecular complexity index is 1270. The zero-order valence-electron chi connectivity index (χ0n) is 18.1. The van der Waals surface area contributed by atoms with Gasteiger partial charge in [-0.15, -0.1) is 0 Å². The number of hydrogen-bond donors (Lipinski definition) is 2. The number of hydrogen-bond acceptors (Lipinski definition) is 6. The summed E-state index contributed by atoms with van der Waals surface area (Å²) in [6.07, 6.45) is 0.886. The highest BCUT2D eigenvalue weighted by molar-refractivity contribution is 6.01. The normalized spacial score (nSPS) is 19.5. The van der Waals surface area contributed by atoms with E-state index in [9.17, 15) is 14.9 Å². The zero-order valence-corrected chi connectivity index (χ0v) is 18.1. The summed E-state index contributed by atoms with van der Waals surface area (Å²) in [5.74, 6) is 0.646. The Balaban J connectivity index is 1.58. The molecule has 1 aliphatic heterocycles. The van der Waals surface area contributed by atoms with E-state index in [1.54, 1.807) is 19.2 Å². The van der Waals surface area contributed by atoms with Gasteiger partial charge in [-0.05, 0) is 47.7 Å². The van der Waals surface area contributed by atoms with Gasteiger partial charge in [-0.1, -0.05) is 36.4 Å². The maximum atomic E-state index is 13.5. The van der Waals surface area contributed by atoms with E-state index in [0.29, 0.717) is 18.4 Å². The highest BCUT2D eigenvalue weighted by atomic mass is 16.6. The minimum Gasteiger partial charge on any atom is -0.497 e. The van der Waals surface area contributed by atoms with Crippen molar-refractivity contribution in [1.29, 1.82) is 0 Å². The molecule has 7 nitrogen and oxygen atoms in total. The molecule has 0 saturated carbocycles. The Morgan fingerprint density at radius 1 is 0.939 bits per heavy atom. The molecule has 1 aliphatic carbocycles. The van der Waals surface area contributed by atoms with E-state index >= 15 is 0 Å². The topological polar surface area (TPSA) is 93.5 Å². The molecule has 1 heterocycles. The first-order valence-corrected chi connectivity index (χ1v) is 10.8. The molecule has 0 spiro atoms. The molecular formula is C26H23N3O4. The third kappa shape index (κ3) is 3.93. The fourth-order valence-corrected chi connectivity index (χ4v) is 4.67. The third-order valence-corrected chi connectivity index (χ3v) is 6.31. The summed E-state index contributed by atoms with van der Waals surface area (Å²) in [5, 5.41) is 18.3. The molecule has 7 heteroatoms. The third-order valence-electron chi connectivity index (χ3n) is 6.31. The Morgan fingerprint density at radius 3 is 2.42 bits per heavy atom. The highest BCUT2D eigenvalue weighted by Crippen LogP contribution is 2.44. The Hall–Kier alpha value is -4.13. The molecule has 0 bridgehead atoms. The predicted octanol–water partition coefficient (Wildman–Crippen LogP) is 5.58. The van der Waals surface area contributed by atoms with Crippen molar-refractivity contribution < 1.29 is 14.5 Å². The number of non-ortho nitro benzene ring substituents is 1. The maximum absolute atomic E-state index is 13.5. The lowest BCUT2D eigenvalue weighted by molar-refractivity contribution is -0.384. The van der Waals surface area contributed by atoms with Crippen LogP contribution in [0, 0.1) is 10.1 Å². The van der Waals surface area contributed by atoms with Crippen LogP contribution in [0.4, 0.5) is 17.1 Å². The van der Waals surface area contributed by atoms with Crippen molar-refractivity contribution in [2.75, 3.05) is 17.7 Å². The molecular weight excluding hydrogens is 418 g/mol. The average molecular weight is 441 g/mol. The van der Waals surface area contributed by atoms with E-state index in [4.69, 9.17) is 4.74 Å². The van der Waals surface area contributed by atoms with Gasteiger partial charge in [0.05, 0.1) is 29.4 Å². The van der Waals surface area contributed by atoms with Crippen LogP contribution < -0.4 is 15.4 Å². The number of ether oxygens (including phenoxy) is 1. The van der Waals surface area contributed by atoms with E-state index < -0.39 is 4.92 Å². The highest BCUT2D eigenvalue weighted by Gasteiger charge is 2.36. The quantitative estimate of drug-likeness (QED) is 0.405. The second kappa shape index (κ2) is 8.43. The number of para-hydroxylation sites is 2. The standard InChI is InChI=1S/C26H23N3O4/c1-33-20-11-9-16(10-12-20)26-25-23(27-21-7-2-3-8-22(21)28-26)14-18(15-24(25)30)17-5-4-6-19(13-17)29(31)32/h2-13,18,26-28H,14-15H2,1H3/t18-,26+/m1/s1. The number of nitro groups is 1. The molecule has 0 radical (unpaired) electrons. The second-order valence-electron chi connectivity index (χ2n) is 8.29. The van der Waals surface area contributed by atoms with Crippen LogP contribution in [0.25, 0.3) is 0 Å². The van der Waals surface area contributed by atoms with Crippen LogP contribution in [0.5, 0.6) is 5.75 Å². The van der Waals surface area contributed by atoms with E-state index in [1.807, 2.05) is 54.6 Å². The van der Waals surface area contributed by atoms with Gasteiger partial charge in [-0.25, -0.2) is 0 Å². The number of carbonyl (C=O) groups excluding carboxylic acids is 1. The van der Waals surface area contributed by atoms with Crippen molar-refractivity contribution in [1.82, 2.24) is 0 Å². The van der Waals surface area contributed by atoms with Crippen molar-refractivity contribution in [2.24, 2.45) is 0 Å². The molecule has 0 aromatic heterocycles. The van der Waals surface area contributed by atoms with Gasteiger partial charge in [0, 0.05) is 29.8 Å². The summed E-state index contributed by atoms with van der Waals surface area (Å²) >= 11 is 0. The summed E-state index contributed by atoms with van der Waals surface area (Å²) in [6, 6.07) is 21.9. The number of benzene rings is 3. The number of allylic oxidation sites excluding steroid dienone is 1. The van der Waals surface area contributed by atoms with Gasteiger partial charge in [-0.2, -0.15) is 0 Å². The van der Waals surface area contributed by atoms with Crippen LogP contribution >= 0.6 is 0 Å². The lowest BCUT2D eigenvalue weighted by atomic mass is 9.78. The van der Waals surface area contributed by atoms with Crippen molar-refractivity contribution in [2.45, 2.75) is 24.8 Å². The summed E-state index contributed by atoms with van der Waals surface area (Å²) < 4.78 is 5.30. The predicted molar refractivity (Wildman–Crippen MR) is 127 cm³/mol. The molecule has 0 unspecified atom stereocenters. The lowest BCUT2D eigenvalue weighted by Gasteiger charge is -2.30. The monoisotopic (exact) mass is 441 g/mol. The van der Waals surface area contributed by atoms with Gasteiger partial charge in [0.2, 0.25) is 0 Å². The number of nitrogens with one attached hydrogen (secondary N) is 2. The minimum absolute atomic E-state index is 0.0291. The number of methoxy groups -OCH3 is 1. The fraction of sp³-hybridized carbons (Fsp3) is 0.192. The van der Waals surface area contributed by atoms with Gasteiger partial charge in [-0.3, -0.25) is 14.9 Å². The lowest BCUT2D eigenvalue weighted by Crippen LogP contribution is -2.26. The summed E-state index contributed by atoms with van der Waals surface area (Å²) in [5.41, 5.74) is 5.16. The second-order valence-corrected chi connectivity index (χ2v) is 8.29. The van der Waals surface area contributed by atoms with Crippen molar-refractivity contribution >= 4 is 22.8 Å². The van der Waals surface area contributed by atoms with E-state index in [2.05, 4.69) is 10.6 Å². The summed E-state index contributed by atoms with van der Waals surface area (Å²) in [6.45, 7) is 0. The van der Waals surface area contributed by atoms with Gasteiger partial charge in [0.1, 0.15) is 5.75 Å². The molecule has 2 atom stereocenters. The first kappa shape index (κ1) is 20.8. The largest absolute Gasteiger partial charge is 0.497 e. The van der Waals surface area contributed by atoms with E-state index in [1.165, 1.54) is 6.07 Å². The maximum Gasteiger partial charge on any atom is 0.269 e. The number of nitro benzene ring substituents is 1. The van der Waals surface area contributed by atoms with Gasteiger partial charge >= 0.3 is 0 Å². The number of ketones is 1. The summed E-state index contributed by atoms with van der Waals surface area (Å²) in [4.78, 5) is 24.4. The Morgan fingerprint density at radius 2 is 1.70 bits per heavy atom. The number of rotatable bonds is 4. The van der Waals surface area contributed by atoms with E-state index in [-0.39, 0.29) is 23.4 Å². The molecule has 0 fully saturated rings. The van der Waals surface area contributed by atoms with Gasteiger partial charge in [0.25, 0.3) is 5.69 Å². The SMILES string of the molecule is COc1ccc([C@@H]2Nc3ccccc3NC3=C2C(=O)C[C@H](c2cccc([N+](=O)[O-])c2)C3)cc1. The zero-order chi connectivity index (χ0) is 22.9. The van der Waals surface area contributed by atoms with Crippen molar-refractivity contribution in [3.63, 3.8) is 0 Å². The van der Waals surface area contributed by atoms with Crippen molar-refractivity contribution in [3.8, 4) is 5.75 Å². The molecule has 3 aromatic rings. The van der Waals surface area contributed by atoms with Crippen LogP contribution in [-0.2, 0) is 4.79 Å². The van der Waals surface area contributed by atoms with Crippen LogP contribution in [0.1, 0.15) is 35.9 Å². The van der Waals surface area contributed by atoms with Crippen LogP contribution in [0.3, 0.4) is 0 Å². The van der Waals surface area contributed by atoms with E-state index in [0.717, 1.165) is 33.9 Å². The van der Waals surface area contributed by atoms with Crippen molar-refractivity contribution in [3.05, 3.63) is 105 Å². The fourth-order valence-electron chi connectivity index (χ4n) is 4.67. The van der Waals surface area contributed by atoms with Crippen LogP contribution in [-0.4, -0.2) is 17.8 Å². The molecule has 5 rings (SSSR count). The molecule has 0 saturated heterocycles. The summed E-state index contributed by atoms with van der Waals surface area (Å²) in [7, 11) is 1.62. The smallest absolute Gasteiger partial charge is 0.269 e. The number of fused-ring (bicyclic) bond motifs is 1. The first-order valence-electron chi connectivity index (χ1n) is 10.8. The Kier molecular flexibility index (Phi) is 5.30. The molecule has 33 heavy (non-hydrogen) atoms. The minimum atomic E-state index is -0.400. The molecule has 2 aliphatic rings.